The molecule has 2 aromatic carbocycles. The monoisotopic (exact) mass is 383 g/mol. The lowest BCUT2D eigenvalue weighted by atomic mass is 10.1. The van der Waals surface area contributed by atoms with E-state index in [-0.39, 0.29) is 29.6 Å². The topological polar surface area (TPSA) is 105 Å². The number of hydrogen-bond acceptors (Lipinski definition) is 7. The van der Waals surface area contributed by atoms with Gasteiger partial charge in [0.05, 0.1) is 16.6 Å². The Labute approximate surface area is 160 Å². The minimum absolute atomic E-state index is 0.0274. The van der Waals surface area contributed by atoms with Gasteiger partial charge in [-0.25, -0.2) is 4.79 Å². The Bertz CT molecular complexity index is 963. The molecule has 0 fully saturated rings. The molecule has 0 saturated carbocycles. The number of Topliss-reactive ketones (excluding diaryl/α,β-unsaturated/α-hetero) is 1. The van der Waals surface area contributed by atoms with E-state index < -0.39 is 17.0 Å². The second kappa shape index (κ2) is 7.91. The predicted octanol–water partition coefficient (Wildman–Crippen LogP) is 3.46. The molecule has 144 valence electrons. The van der Waals surface area contributed by atoms with Gasteiger partial charge in [-0.2, -0.15) is 0 Å². The number of carbonyl (C=O) groups is 2. The van der Waals surface area contributed by atoms with E-state index in [4.69, 9.17) is 14.2 Å². The summed E-state index contributed by atoms with van der Waals surface area (Å²) in [5.41, 5.74) is 1.36. The van der Waals surface area contributed by atoms with Crippen molar-refractivity contribution in [2.45, 2.75) is 20.0 Å². The largest absolute Gasteiger partial charge is 0.454 e. The third-order valence-corrected chi connectivity index (χ3v) is 4.12. The number of aryl methyl sites for hydroxylation is 1. The summed E-state index contributed by atoms with van der Waals surface area (Å²) < 4.78 is 15.4. The second-order valence-electron chi connectivity index (χ2n) is 6.16. The number of fused-ring (bicyclic) bond motifs is 1. The normalized spacial score (nSPS) is 13.4. The van der Waals surface area contributed by atoms with Crippen molar-refractivity contribution in [3.8, 4) is 11.5 Å². The van der Waals surface area contributed by atoms with E-state index in [1.807, 2.05) is 6.92 Å². The summed E-state index contributed by atoms with van der Waals surface area (Å²) in [7, 11) is 0. The van der Waals surface area contributed by atoms with Crippen molar-refractivity contribution in [1.29, 1.82) is 0 Å². The Morgan fingerprint density at radius 3 is 2.46 bits per heavy atom. The SMILES string of the molecule is Cc1ccc(C(=O)[C@@H](C)OC(=O)/C=C/c2cc3c(cc2[N+](=O)[O-])OCO3)cc1. The van der Waals surface area contributed by atoms with E-state index in [9.17, 15) is 19.7 Å². The summed E-state index contributed by atoms with van der Waals surface area (Å²) in [6, 6.07) is 9.55. The summed E-state index contributed by atoms with van der Waals surface area (Å²) >= 11 is 0. The Balaban J connectivity index is 1.71. The molecule has 0 aromatic heterocycles. The number of carbonyl (C=O) groups excluding carboxylic acids is 2. The van der Waals surface area contributed by atoms with Crippen LogP contribution in [0.4, 0.5) is 5.69 Å². The molecule has 0 saturated heterocycles. The molecule has 8 nitrogen and oxygen atoms in total. The maximum Gasteiger partial charge on any atom is 0.331 e. The van der Waals surface area contributed by atoms with Crippen LogP contribution in [-0.4, -0.2) is 29.6 Å². The molecule has 3 rings (SSSR count). The fourth-order valence-corrected chi connectivity index (χ4v) is 2.62. The third-order valence-electron chi connectivity index (χ3n) is 4.12. The molecular weight excluding hydrogens is 366 g/mol. The first kappa shape index (κ1) is 19.1. The van der Waals surface area contributed by atoms with Crippen LogP contribution in [0.3, 0.4) is 0 Å². The van der Waals surface area contributed by atoms with Crippen molar-refractivity contribution < 1.29 is 28.7 Å². The highest BCUT2D eigenvalue weighted by Crippen LogP contribution is 2.38. The van der Waals surface area contributed by atoms with E-state index in [0.29, 0.717) is 11.3 Å². The van der Waals surface area contributed by atoms with Crippen LogP contribution in [0, 0.1) is 17.0 Å². The van der Waals surface area contributed by atoms with Gasteiger partial charge in [-0.15, -0.1) is 0 Å². The number of nitrogens with zero attached hydrogens (tertiary/aromatic N) is 1. The van der Waals surface area contributed by atoms with Gasteiger partial charge in [0.2, 0.25) is 12.6 Å². The number of ether oxygens (including phenoxy) is 3. The molecule has 0 N–H and O–H groups in total. The first-order chi connectivity index (χ1) is 13.3. The van der Waals surface area contributed by atoms with Gasteiger partial charge in [-0.05, 0) is 26.0 Å². The second-order valence-corrected chi connectivity index (χ2v) is 6.16. The maximum atomic E-state index is 12.3. The van der Waals surface area contributed by atoms with Crippen LogP contribution in [0.25, 0.3) is 6.08 Å². The molecule has 1 aliphatic heterocycles. The summed E-state index contributed by atoms with van der Waals surface area (Å²) in [5, 5.41) is 11.2. The van der Waals surface area contributed by atoms with Crippen LogP contribution in [0.15, 0.2) is 42.5 Å². The van der Waals surface area contributed by atoms with Crippen LogP contribution in [0.2, 0.25) is 0 Å². The van der Waals surface area contributed by atoms with Crippen molar-refractivity contribution in [3.05, 3.63) is 69.3 Å². The van der Waals surface area contributed by atoms with Crippen molar-refractivity contribution in [2.75, 3.05) is 6.79 Å². The number of nitro benzene ring substituents is 1. The molecule has 0 spiro atoms. The molecule has 0 bridgehead atoms. The smallest absolute Gasteiger partial charge is 0.331 e. The van der Waals surface area contributed by atoms with Crippen molar-refractivity contribution >= 4 is 23.5 Å². The standard InChI is InChI=1S/C20H17NO7/c1-12-3-5-14(6-4-12)20(23)13(2)28-19(22)8-7-15-9-17-18(27-11-26-17)10-16(15)21(24)25/h3-10,13H,11H2,1-2H3/b8-7+/t13-/m1/s1. The van der Waals surface area contributed by atoms with Gasteiger partial charge < -0.3 is 14.2 Å². The first-order valence-corrected chi connectivity index (χ1v) is 8.43. The van der Waals surface area contributed by atoms with Crippen LogP contribution < -0.4 is 9.47 Å². The molecule has 0 radical (unpaired) electrons. The van der Waals surface area contributed by atoms with Gasteiger partial charge in [0.1, 0.15) is 0 Å². The molecule has 8 heteroatoms. The van der Waals surface area contributed by atoms with Crippen LogP contribution in [-0.2, 0) is 9.53 Å². The fourth-order valence-electron chi connectivity index (χ4n) is 2.62. The zero-order chi connectivity index (χ0) is 20.3. The van der Waals surface area contributed by atoms with Gasteiger partial charge in [0, 0.05) is 11.6 Å². The first-order valence-electron chi connectivity index (χ1n) is 8.43. The van der Waals surface area contributed by atoms with E-state index in [1.165, 1.54) is 25.1 Å². The number of nitro groups is 1. The Hall–Kier alpha value is -3.68. The van der Waals surface area contributed by atoms with Gasteiger partial charge in [-0.3, -0.25) is 14.9 Å². The third kappa shape index (κ3) is 4.17. The van der Waals surface area contributed by atoms with Crippen molar-refractivity contribution in [2.24, 2.45) is 0 Å². The Morgan fingerprint density at radius 2 is 1.82 bits per heavy atom. The van der Waals surface area contributed by atoms with Crippen LogP contribution in [0.1, 0.15) is 28.4 Å². The number of rotatable bonds is 6. The van der Waals surface area contributed by atoms with Crippen molar-refractivity contribution in [3.63, 3.8) is 0 Å². The number of esters is 1. The lowest BCUT2D eigenvalue weighted by Crippen LogP contribution is -2.23. The number of hydrogen-bond donors (Lipinski definition) is 0. The summed E-state index contributed by atoms with van der Waals surface area (Å²) in [6.45, 7) is 3.34. The summed E-state index contributed by atoms with van der Waals surface area (Å²) in [5.74, 6) is -0.513. The maximum absolute atomic E-state index is 12.3. The van der Waals surface area contributed by atoms with E-state index >= 15 is 0 Å². The minimum Gasteiger partial charge on any atom is -0.454 e. The van der Waals surface area contributed by atoms with Gasteiger partial charge in [0.25, 0.3) is 5.69 Å². The average molecular weight is 383 g/mol. The minimum atomic E-state index is -0.994. The highest BCUT2D eigenvalue weighted by atomic mass is 16.7. The zero-order valence-corrected chi connectivity index (χ0v) is 15.2. The van der Waals surface area contributed by atoms with E-state index in [2.05, 4.69) is 0 Å². The highest BCUT2D eigenvalue weighted by Gasteiger charge is 2.23. The summed E-state index contributed by atoms with van der Waals surface area (Å²) in [4.78, 5) is 35.0. The van der Waals surface area contributed by atoms with Gasteiger partial charge in [0.15, 0.2) is 17.6 Å². The average Bonchev–Trinajstić information content (AvgIpc) is 3.13. The molecule has 0 amide bonds. The molecule has 0 unspecified atom stereocenters. The fraction of sp³-hybridized carbons (Fsp3) is 0.200. The van der Waals surface area contributed by atoms with Crippen LogP contribution >= 0.6 is 0 Å². The molecule has 1 atom stereocenters. The van der Waals surface area contributed by atoms with Gasteiger partial charge >= 0.3 is 5.97 Å². The quantitative estimate of drug-likeness (QED) is 0.247. The molecule has 1 heterocycles. The van der Waals surface area contributed by atoms with E-state index in [1.54, 1.807) is 24.3 Å². The Kier molecular flexibility index (Phi) is 5.39. The number of ketones is 1. The lowest BCUT2D eigenvalue weighted by Gasteiger charge is -2.11. The predicted molar refractivity (Wildman–Crippen MR) is 99.3 cm³/mol. The van der Waals surface area contributed by atoms with E-state index in [0.717, 1.165) is 11.6 Å². The molecule has 2 aromatic rings. The Morgan fingerprint density at radius 1 is 1.18 bits per heavy atom. The van der Waals surface area contributed by atoms with Gasteiger partial charge in [-0.1, -0.05) is 29.8 Å². The molecular formula is C20H17NO7. The summed E-state index contributed by atoms with van der Waals surface area (Å²) in [6.07, 6.45) is 1.28. The molecule has 1 aliphatic rings. The molecule has 28 heavy (non-hydrogen) atoms. The van der Waals surface area contributed by atoms with Crippen molar-refractivity contribution in [1.82, 2.24) is 0 Å². The van der Waals surface area contributed by atoms with Crippen LogP contribution in [0.5, 0.6) is 11.5 Å². The number of benzene rings is 2. The zero-order valence-electron chi connectivity index (χ0n) is 15.2. The molecule has 0 aliphatic carbocycles. The highest BCUT2D eigenvalue weighted by molar-refractivity contribution is 6.01. The lowest BCUT2D eigenvalue weighted by molar-refractivity contribution is -0.385.